The number of fused-ring (bicyclic) bond motifs is 2. The van der Waals surface area contributed by atoms with Crippen LogP contribution in [0.5, 0.6) is 0 Å². The zero-order chi connectivity index (χ0) is 25.3. The molecule has 2 saturated carbocycles. The van der Waals surface area contributed by atoms with E-state index >= 15 is 0 Å². The van der Waals surface area contributed by atoms with Crippen LogP contribution in [-0.2, 0) is 21.0 Å². The average Bonchev–Trinajstić information content (AvgIpc) is 3.45. The number of benzene rings is 1. The van der Waals surface area contributed by atoms with Gasteiger partial charge in [-0.05, 0) is 80.2 Å². The minimum absolute atomic E-state index is 0.119. The number of aromatic nitrogens is 1. The van der Waals surface area contributed by atoms with Gasteiger partial charge in [0.15, 0.2) is 0 Å². The van der Waals surface area contributed by atoms with Gasteiger partial charge in [0.25, 0.3) is 0 Å². The molecule has 2 fully saturated rings. The second kappa shape index (κ2) is 9.87. The van der Waals surface area contributed by atoms with Crippen molar-refractivity contribution in [1.82, 2.24) is 15.2 Å². The van der Waals surface area contributed by atoms with Gasteiger partial charge in [0, 0.05) is 47.7 Å². The molecule has 2 bridgehead atoms. The SMILES string of the molecule is Cc1ncccc1C1=C(NCc2ccc(Cl)cc2)CN(C(=O)CC23CCC(C(=O)ON)(CC2)C3)CC1. The van der Waals surface area contributed by atoms with E-state index < -0.39 is 5.41 Å². The lowest BCUT2D eigenvalue weighted by atomic mass is 9.79. The lowest BCUT2D eigenvalue weighted by Gasteiger charge is -2.35. The maximum atomic E-state index is 13.6. The number of aryl methyl sites for hydroxylation is 1. The lowest BCUT2D eigenvalue weighted by molar-refractivity contribution is -0.156. The Balaban J connectivity index is 1.33. The Hall–Kier alpha value is -2.90. The Morgan fingerprint density at radius 1 is 1.17 bits per heavy atom. The van der Waals surface area contributed by atoms with Crippen LogP contribution in [0.1, 0.15) is 61.8 Å². The van der Waals surface area contributed by atoms with E-state index in [0.29, 0.717) is 37.5 Å². The van der Waals surface area contributed by atoms with Gasteiger partial charge in [-0.1, -0.05) is 29.8 Å². The van der Waals surface area contributed by atoms with Gasteiger partial charge in [0.05, 0.1) is 12.0 Å². The molecule has 36 heavy (non-hydrogen) atoms. The molecule has 3 N–H and O–H groups in total. The smallest absolute Gasteiger partial charge is 0.330 e. The second-order valence-electron chi connectivity index (χ2n) is 10.7. The van der Waals surface area contributed by atoms with Crippen molar-refractivity contribution in [2.75, 3.05) is 13.1 Å². The highest BCUT2D eigenvalue weighted by Gasteiger charge is 2.59. The first-order chi connectivity index (χ1) is 17.3. The summed E-state index contributed by atoms with van der Waals surface area (Å²) < 4.78 is 0. The summed E-state index contributed by atoms with van der Waals surface area (Å²) in [5.41, 5.74) is 4.88. The van der Waals surface area contributed by atoms with Gasteiger partial charge in [-0.2, -0.15) is 5.90 Å². The fourth-order valence-electron chi connectivity index (χ4n) is 6.45. The quantitative estimate of drug-likeness (QED) is 0.533. The Labute approximate surface area is 217 Å². The fraction of sp³-hybridized carbons (Fsp3) is 0.464. The molecular formula is C28H33ClN4O3. The second-order valence-corrected chi connectivity index (χ2v) is 11.1. The molecule has 0 spiro atoms. The molecule has 0 radical (unpaired) electrons. The third kappa shape index (κ3) is 4.74. The third-order valence-corrected chi connectivity index (χ3v) is 8.75. The molecule has 2 aliphatic carbocycles. The zero-order valence-electron chi connectivity index (χ0n) is 20.7. The molecule has 1 aromatic carbocycles. The maximum Gasteiger partial charge on any atom is 0.330 e. The van der Waals surface area contributed by atoms with Crippen LogP contribution in [0.2, 0.25) is 5.02 Å². The number of nitrogens with zero attached hydrogens (tertiary/aromatic N) is 2. The van der Waals surface area contributed by atoms with Crippen molar-refractivity contribution in [2.24, 2.45) is 16.7 Å². The number of nitrogens with one attached hydrogen (secondary N) is 1. The Bertz CT molecular complexity index is 1190. The van der Waals surface area contributed by atoms with Gasteiger partial charge in [0.2, 0.25) is 5.91 Å². The maximum absolute atomic E-state index is 13.6. The van der Waals surface area contributed by atoms with Crippen molar-refractivity contribution in [2.45, 2.75) is 58.4 Å². The van der Waals surface area contributed by atoms with E-state index in [1.807, 2.05) is 48.4 Å². The zero-order valence-corrected chi connectivity index (χ0v) is 21.4. The van der Waals surface area contributed by atoms with E-state index in [0.717, 1.165) is 54.6 Å². The summed E-state index contributed by atoms with van der Waals surface area (Å²) in [5.74, 6) is 5.04. The van der Waals surface area contributed by atoms with Gasteiger partial charge in [0.1, 0.15) is 0 Å². The average molecular weight is 509 g/mol. The summed E-state index contributed by atoms with van der Waals surface area (Å²) in [5, 5.41) is 4.32. The molecule has 2 heterocycles. The Kier molecular flexibility index (Phi) is 6.79. The molecule has 3 aliphatic rings. The van der Waals surface area contributed by atoms with Crippen molar-refractivity contribution in [1.29, 1.82) is 0 Å². The van der Waals surface area contributed by atoms with Crippen molar-refractivity contribution in [3.05, 3.63) is 70.1 Å². The monoisotopic (exact) mass is 508 g/mol. The van der Waals surface area contributed by atoms with Crippen LogP contribution in [-0.4, -0.2) is 34.8 Å². The number of nitrogens with two attached hydrogens (primary N) is 1. The predicted molar refractivity (Wildman–Crippen MR) is 138 cm³/mol. The largest absolute Gasteiger partial charge is 0.383 e. The van der Waals surface area contributed by atoms with Crippen LogP contribution in [0.15, 0.2) is 48.3 Å². The van der Waals surface area contributed by atoms with Gasteiger partial charge < -0.3 is 15.1 Å². The van der Waals surface area contributed by atoms with Gasteiger partial charge in [-0.3, -0.25) is 9.78 Å². The number of hydrogen-bond acceptors (Lipinski definition) is 6. The molecule has 0 atom stereocenters. The minimum atomic E-state index is -0.493. The first-order valence-corrected chi connectivity index (χ1v) is 13.0. The first-order valence-electron chi connectivity index (χ1n) is 12.6. The molecule has 1 aliphatic heterocycles. The molecule has 2 aromatic rings. The van der Waals surface area contributed by atoms with Crippen molar-refractivity contribution in [3.8, 4) is 0 Å². The number of amides is 1. The van der Waals surface area contributed by atoms with Crippen molar-refractivity contribution in [3.63, 3.8) is 0 Å². The Morgan fingerprint density at radius 3 is 2.61 bits per heavy atom. The highest BCUT2D eigenvalue weighted by atomic mass is 35.5. The summed E-state index contributed by atoms with van der Waals surface area (Å²) in [6.07, 6.45) is 7.01. The molecule has 5 rings (SSSR count). The standard InChI is InChI=1S/C28H33ClN4O3/c1-19-22(3-2-13-31-19)23-8-14-33(17-24(23)32-16-20-4-6-21(29)7-5-20)25(34)15-27-9-11-28(18-27,12-10-27)26(35)36-30/h2-7,13,32H,8-12,14-18,30H2,1H3. The topological polar surface area (TPSA) is 97.5 Å². The van der Waals surface area contributed by atoms with Gasteiger partial charge >= 0.3 is 5.97 Å². The van der Waals surface area contributed by atoms with E-state index in [1.165, 1.54) is 5.57 Å². The molecule has 1 amide bonds. The minimum Gasteiger partial charge on any atom is -0.383 e. The summed E-state index contributed by atoms with van der Waals surface area (Å²) in [6.45, 7) is 3.86. The number of rotatable bonds is 7. The van der Waals surface area contributed by atoms with Crippen LogP contribution in [0.25, 0.3) is 5.57 Å². The number of hydrogen-bond donors (Lipinski definition) is 2. The summed E-state index contributed by atoms with van der Waals surface area (Å²) in [4.78, 5) is 36.9. The highest BCUT2D eigenvalue weighted by Crippen LogP contribution is 2.63. The number of pyridine rings is 1. The lowest BCUT2D eigenvalue weighted by Crippen LogP contribution is -2.41. The predicted octanol–water partition coefficient (Wildman–Crippen LogP) is 4.53. The van der Waals surface area contributed by atoms with Crippen LogP contribution in [0, 0.1) is 17.8 Å². The van der Waals surface area contributed by atoms with Crippen LogP contribution in [0.4, 0.5) is 0 Å². The van der Waals surface area contributed by atoms with Crippen LogP contribution >= 0.6 is 11.6 Å². The van der Waals surface area contributed by atoms with Gasteiger partial charge in [-0.15, -0.1) is 0 Å². The van der Waals surface area contributed by atoms with E-state index in [2.05, 4.69) is 21.2 Å². The van der Waals surface area contributed by atoms with E-state index in [9.17, 15) is 9.59 Å². The fourth-order valence-corrected chi connectivity index (χ4v) is 6.58. The van der Waals surface area contributed by atoms with E-state index in [1.54, 1.807) is 0 Å². The summed E-state index contributed by atoms with van der Waals surface area (Å²) in [6, 6.07) is 11.9. The van der Waals surface area contributed by atoms with Crippen molar-refractivity contribution < 1.29 is 14.4 Å². The molecule has 7 nitrogen and oxygen atoms in total. The molecular weight excluding hydrogens is 476 g/mol. The Morgan fingerprint density at radius 2 is 1.92 bits per heavy atom. The number of halogens is 1. The summed E-state index contributed by atoms with van der Waals surface area (Å²) in [7, 11) is 0. The summed E-state index contributed by atoms with van der Waals surface area (Å²) >= 11 is 6.05. The molecule has 190 valence electrons. The highest BCUT2D eigenvalue weighted by molar-refractivity contribution is 6.30. The van der Waals surface area contributed by atoms with E-state index in [-0.39, 0.29) is 17.3 Å². The van der Waals surface area contributed by atoms with Gasteiger partial charge in [-0.25, -0.2) is 4.79 Å². The van der Waals surface area contributed by atoms with Crippen LogP contribution in [0.3, 0.4) is 0 Å². The molecule has 8 heteroatoms. The molecule has 1 aromatic heterocycles. The normalized spacial score (nSPS) is 25.2. The molecule has 0 unspecified atom stereocenters. The van der Waals surface area contributed by atoms with E-state index in [4.69, 9.17) is 17.5 Å². The third-order valence-electron chi connectivity index (χ3n) is 8.50. The van der Waals surface area contributed by atoms with Crippen LogP contribution < -0.4 is 11.2 Å². The number of carbonyl (C=O) groups excluding carboxylic acids is 2. The van der Waals surface area contributed by atoms with Crippen molar-refractivity contribution >= 4 is 29.1 Å². The number of carbonyl (C=O) groups is 2. The first kappa shape index (κ1) is 24.8. The molecule has 0 saturated heterocycles.